The molecule has 1 N–H and O–H groups in total. The summed E-state index contributed by atoms with van der Waals surface area (Å²) in [5.41, 5.74) is 4.61. The normalized spacial score (nSPS) is 20.4. The van der Waals surface area contributed by atoms with Gasteiger partial charge in [-0.05, 0) is 52.4 Å². The lowest BCUT2D eigenvalue weighted by molar-refractivity contribution is -0.217. The zero-order valence-corrected chi connectivity index (χ0v) is 24.7. The minimum absolute atomic E-state index is 0.141. The SMILES string of the molecule is OCC1OC(c2ccc(Cl)c(Cc3ccc(OCC(F)(F)F)cc3)c2)CC(OCc2ccccc2)[C@@H]1OCc1ccccc1. The third-order valence-electron chi connectivity index (χ3n) is 7.45. The molecule has 44 heavy (non-hydrogen) atoms. The number of hydrogen-bond acceptors (Lipinski definition) is 5. The molecule has 0 bridgehead atoms. The molecule has 232 valence electrons. The maximum absolute atomic E-state index is 12.5. The predicted molar refractivity (Wildman–Crippen MR) is 162 cm³/mol. The van der Waals surface area contributed by atoms with Crippen LogP contribution in [0.15, 0.2) is 103 Å². The number of halogens is 4. The number of ether oxygens (including phenoxy) is 4. The van der Waals surface area contributed by atoms with Crippen molar-refractivity contribution >= 4 is 11.6 Å². The van der Waals surface area contributed by atoms with Crippen LogP contribution in [-0.2, 0) is 33.8 Å². The van der Waals surface area contributed by atoms with Gasteiger partial charge in [-0.3, -0.25) is 0 Å². The van der Waals surface area contributed by atoms with E-state index in [4.69, 9.17) is 30.5 Å². The molecule has 9 heteroatoms. The zero-order valence-electron chi connectivity index (χ0n) is 24.0. The Labute approximate surface area is 260 Å². The number of rotatable bonds is 12. The minimum Gasteiger partial charge on any atom is -0.484 e. The summed E-state index contributed by atoms with van der Waals surface area (Å²) >= 11 is 6.57. The van der Waals surface area contributed by atoms with Gasteiger partial charge in [0.15, 0.2) is 6.61 Å². The summed E-state index contributed by atoms with van der Waals surface area (Å²) < 4.78 is 61.4. The summed E-state index contributed by atoms with van der Waals surface area (Å²) in [4.78, 5) is 0. The van der Waals surface area contributed by atoms with Crippen LogP contribution in [0.3, 0.4) is 0 Å². The molecule has 1 aliphatic heterocycles. The lowest BCUT2D eigenvalue weighted by Gasteiger charge is -2.41. The molecule has 4 aromatic rings. The van der Waals surface area contributed by atoms with Crippen molar-refractivity contribution in [3.63, 3.8) is 0 Å². The summed E-state index contributed by atoms with van der Waals surface area (Å²) in [6.45, 7) is -0.850. The van der Waals surface area contributed by atoms with Gasteiger partial charge in [-0.15, -0.1) is 0 Å². The highest BCUT2D eigenvalue weighted by atomic mass is 35.5. The molecule has 4 atom stereocenters. The second-order valence-electron chi connectivity index (χ2n) is 10.8. The van der Waals surface area contributed by atoms with Crippen LogP contribution >= 0.6 is 11.6 Å². The summed E-state index contributed by atoms with van der Waals surface area (Å²) in [5, 5.41) is 10.9. The van der Waals surface area contributed by atoms with E-state index in [1.807, 2.05) is 78.9 Å². The van der Waals surface area contributed by atoms with Crippen LogP contribution in [0.25, 0.3) is 0 Å². The summed E-state index contributed by atoms with van der Waals surface area (Å²) in [5.74, 6) is 0.141. The Bertz CT molecular complexity index is 1450. The molecule has 1 heterocycles. The van der Waals surface area contributed by atoms with Crippen LogP contribution in [0.4, 0.5) is 13.2 Å². The van der Waals surface area contributed by atoms with E-state index in [0.717, 1.165) is 27.8 Å². The monoisotopic (exact) mass is 626 g/mol. The second kappa shape index (κ2) is 15.1. The zero-order chi connectivity index (χ0) is 30.9. The molecule has 0 saturated carbocycles. The lowest BCUT2D eigenvalue weighted by atomic mass is 9.92. The molecular formula is C35H34ClF3O5. The quantitative estimate of drug-likeness (QED) is 0.173. The van der Waals surface area contributed by atoms with Crippen LogP contribution in [0.1, 0.15) is 40.3 Å². The Hall–Kier alpha value is -3.40. The van der Waals surface area contributed by atoms with Crippen molar-refractivity contribution in [3.8, 4) is 5.75 Å². The van der Waals surface area contributed by atoms with Crippen molar-refractivity contribution in [2.75, 3.05) is 13.2 Å². The van der Waals surface area contributed by atoms with Gasteiger partial charge in [0.05, 0.1) is 32.0 Å². The molecule has 5 rings (SSSR count). The van der Waals surface area contributed by atoms with E-state index in [-0.39, 0.29) is 18.5 Å². The van der Waals surface area contributed by atoms with E-state index in [1.54, 1.807) is 12.1 Å². The molecule has 0 amide bonds. The predicted octanol–water partition coefficient (Wildman–Crippen LogP) is 7.87. The first-order valence-corrected chi connectivity index (χ1v) is 14.8. The van der Waals surface area contributed by atoms with E-state index in [9.17, 15) is 18.3 Å². The number of aliphatic hydroxyl groups excluding tert-OH is 1. The maximum atomic E-state index is 12.5. The van der Waals surface area contributed by atoms with Gasteiger partial charge in [0.25, 0.3) is 0 Å². The van der Waals surface area contributed by atoms with Crippen LogP contribution in [0.5, 0.6) is 5.75 Å². The van der Waals surface area contributed by atoms with Crippen molar-refractivity contribution in [2.24, 2.45) is 0 Å². The second-order valence-corrected chi connectivity index (χ2v) is 11.2. The van der Waals surface area contributed by atoms with Gasteiger partial charge >= 0.3 is 6.18 Å². The fourth-order valence-electron chi connectivity index (χ4n) is 5.23. The van der Waals surface area contributed by atoms with E-state index in [2.05, 4.69) is 0 Å². The highest BCUT2D eigenvalue weighted by molar-refractivity contribution is 6.31. The van der Waals surface area contributed by atoms with Crippen molar-refractivity contribution in [2.45, 2.75) is 56.6 Å². The molecule has 3 unspecified atom stereocenters. The Morgan fingerprint density at radius 1 is 0.795 bits per heavy atom. The maximum Gasteiger partial charge on any atom is 0.422 e. The van der Waals surface area contributed by atoms with Crippen LogP contribution in [-0.4, -0.2) is 42.8 Å². The smallest absolute Gasteiger partial charge is 0.422 e. The number of hydrogen-bond donors (Lipinski definition) is 1. The fourth-order valence-corrected chi connectivity index (χ4v) is 5.42. The van der Waals surface area contributed by atoms with Crippen molar-refractivity contribution in [1.29, 1.82) is 0 Å². The summed E-state index contributed by atoms with van der Waals surface area (Å²) in [6.07, 6.45) is -5.32. The first kappa shape index (κ1) is 32.0. The summed E-state index contributed by atoms with van der Waals surface area (Å²) in [7, 11) is 0. The molecule has 1 aliphatic rings. The molecule has 1 fully saturated rings. The minimum atomic E-state index is -4.40. The number of alkyl halides is 3. The molecule has 1 saturated heterocycles. The molecule has 5 nitrogen and oxygen atoms in total. The molecule has 0 aromatic heterocycles. The molecule has 0 radical (unpaired) electrons. The topological polar surface area (TPSA) is 57.2 Å². The Morgan fingerprint density at radius 3 is 2.05 bits per heavy atom. The fraction of sp³-hybridized carbons (Fsp3) is 0.314. The van der Waals surface area contributed by atoms with Gasteiger partial charge in [0.2, 0.25) is 0 Å². The van der Waals surface area contributed by atoms with Crippen LogP contribution in [0.2, 0.25) is 5.02 Å². The van der Waals surface area contributed by atoms with Gasteiger partial charge in [0, 0.05) is 11.4 Å². The van der Waals surface area contributed by atoms with Crippen LogP contribution < -0.4 is 4.74 Å². The highest BCUT2D eigenvalue weighted by Gasteiger charge is 2.41. The summed E-state index contributed by atoms with van der Waals surface area (Å²) in [6, 6.07) is 31.8. The van der Waals surface area contributed by atoms with E-state index in [1.165, 1.54) is 12.1 Å². The van der Waals surface area contributed by atoms with E-state index in [0.29, 0.717) is 31.1 Å². The van der Waals surface area contributed by atoms with Crippen molar-refractivity contribution in [1.82, 2.24) is 0 Å². The standard InChI is InChI=1S/C35H34ClF3O5/c36-30-16-13-27(18-28(30)17-24-11-14-29(15-12-24)43-23-35(37,38)39)31-19-32(41-21-25-7-3-1-4-8-25)34(33(20-40)44-31)42-22-26-9-5-2-6-10-26/h1-16,18,31-34,40H,17,19-23H2/t31?,32?,33?,34-/m0/s1. The first-order chi connectivity index (χ1) is 21.3. The average Bonchev–Trinajstić information content (AvgIpc) is 3.04. The lowest BCUT2D eigenvalue weighted by Crippen LogP contribution is -2.50. The largest absolute Gasteiger partial charge is 0.484 e. The van der Waals surface area contributed by atoms with Crippen molar-refractivity contribution in [3.05, 3.63) is 136 Å². The third kappa shape index (κ3) is 9.06. The first-order valence-electron chi connectivity index (χ1n) is 14.4. The molecule has 4 aromatic carbocycles. The Kier molecular flexibility index (Phi) is 11.0. The van der Waals surface area contributed by atoms with Crippen LogP contribution in [0, 0.1) is 0 Å². The Balaban J connectivity index is 1.32. The average molecular weight is 627 g/mol. The highest BCUT2D eigenvalue weighted by Crippen LogP contribution is 2.37. The molecule has 0 spiro atoms. The van der Waals surface area contributed by atoms with E-state index < -0.39 is 31.1 Å². The number of benzene rings is 4. The molecular weight excluding hydrogens is 593 g/mol. The molecule has 0 aliphatic carbocycles. The Morgan fingerprint density at radius 2 is 1.43 bits per heavy atom. The van der Waals surface area contributed by atoms with E-state index >= 15 is 0 Å². The van der Waals surface area contributed by atoms with Gasteiger partial charge in [-0.2, -0.15) is 13.2 Å². The van der Waals surface area contributed by atoms with Gasteiger partial charge in [0.1, 0.15) is 18.0 Å². The third-order valence-corrected chi connectivity index (χ3v) is 7.82. The van der Waals surface area contributed by atoms with Gasteiger partial charge < -0.3 is 24.1 Å². The van der Waals surface area contributed by atoms with Gasteiger partial charge in [-0.1, -0.05) is 96.5 Å². The van der Waals surface area contributed by atoms with Crippen molar-refractivity contribution < 1.29 is 37.2 Å². The van der Waals surface area contributed by atoms with Gasteiger partial charge in [-0.25, -0.2) is 0 Å². The number of aliphatic hydroxyl groups is 1.